The molecule has 0 saturated heterocycles. The van der Waals surface area contributed by atoms with Crippen LogP contribution in [-0.4, -0.2) is 76.9 Å². The summed E-state index contributed by atoms with van der Waals surface area (Å²) in [6.45, 7) is 2.31. The van der Waals surface area contributed by atoms with Gasteiger partial charge in [-0.05, 0) is 13.5 Å². The van der Waals surface area contributed by atoms with Crippen molar-refractivity contribution in [3.63, 3.8) is 0 Å². The van der Waals surface area contributed by atoms with Crippen LogP contribution in [0.2, 0.25) is 0 Å². The van der Waals surface area contributed by atoms with Gasteiger partial charge in [-0.25, -0.2) is 0 Å². The zero-order chi connectivity index (χ0) is 14.3. The van der Waals surface area contributed by atoms with Gasteiger partial charge in [0, 0.05) is 57.8 Å². The van der Waals surface area contributed by atoms with Crippen LogP contribution in [0.4, 0.5) is 0 Å². The topological polar surface area (TPSA) is 55.4 Å². The number of hydrogen-bond acceptors (Lipinski definition) is 4. The number of ether oxygens (including phenoxy) is 1. The molecule has 0 atom stereocenters. The Kier molecular flexibility index (Phi) is 20.5. The van der Waals surface area contributed by atoms with E-state index in [1.54, 1.807) is 7.05 Å². The Hall–Kier alpha value is 0.736. The van der Waals surface area contributed by atoms with Crippen LogP contribution in [0.1, 0.15) is 71.1 Å². The van der Waals surface area contributed by atoms with Gasteiger partial charge in [0.05, 0.1) is 6.54 Å². The first-order valence-electron chi connectivity index (χ1n) is 7.58. The second-order valence-electron chi connectivity index (χ2n) is 4.95. The van der Waals surface area contributed by atoms with E-state index in [0.29, 0.717) is 6.42 Å². The van der Waals surface area contributed by atoms with E-state index in [4.69, 9.17) is 0 Å². The fourth-order valence-electron chi connectivity index (χ4n) is 1.94. The Morgan fingerprint density at radius 1 is 0.850 bits per heavy atom. The molecule has 0 unspecified atom stereocenters. The predicted molar refractivity (Wildman–Crippen MR) is 82.6 cm³/mol. The van der Waals surface area contributed by atoms with E-state index in [1.807, 2.05) is 0 Å². The molecule has 0 bridgehead atoms. The molecular weight excluding hydrogens is 281 g/mol. The van der Waals surface area contributed by atoms with E-state index in [0.717, 1.165) is 12.8 Å². The van der Waals surface area contributed by atoms with Crippen LogP contribution in [0.25, 0.3) is 0 Å². The van der Waals surface area contributed by atoms with Crippen LogP contribution >= 0.6 is 0 Å². The molecule has 0 aliphatic heterocycles. The summed E-state index contributed by atoms with van der Waals surface area (Å²) >= 11 is 0. The van der Waals surface area contributed by atoms with Crippen molar-refractivity contribution in [1.82, 2.24) is 5.32 Å². The van der Waals surface area contributed by atoms with Gasteiger partial charge in [-0.1, -0.05) is 58.3 Å². The van der Waals surface area contributed by atoms with Gasteiger partial charge in [-0.3, -0.25) is 9.59 Å². The minimum absolute atomic E-state index is 0. The van der Waals surface area contributed by atoms with Crippen LogP contribution in [0.3, 0.4) is 0 Å². The van der Waals surface area contributed by atoms with Crippen molar-refractivity contribution in [3.05, 3.63) is 0 Å². The monoisotopic (exact) mass is 310 g/mol. The first-order valence-corrected chi connectivity index (χ1v) is 7.58. The third-order valence-corrected chi connectivity index (χ3v) is 3.03. The van der Waals surface area contributed by atoms with Crippen molar-refractivity contribution >= 4 is 63.3 Å². The van der Waals surface area contributed by atoms with E-state index in [9.17, 15) is 9.59 Å². The van der Waals surface area contributed by atoms with E-state index < -0.39 is 11.9 Å². The molecule has 1 radical (unpaired) electrons. The van der Waals surface area contributed by atoms with Crippen molar-refractivity contribution in [3.8, 4) is 0 Å². The van der Waals surface area contributed by atoms with Crippen LogP contribution in [0, 0.1) is 0 Å². The number of unbranched alkanes of at least 4 members (excludes halogenated alkanes) is 8. The molecule has 4 nitrogen and oxygen atoms in total. The summed E-state index contributed by atoms with van der Waals surface area (Å²) in [6.07, 6.45) is 11.2. The van der Waals surface area contributed by atoms with Crippen molar-refractivity contribution in [1.29, 1.82) is 0 Å². The maximum Gasteiger partial charge on any atom is 0.327 e. The molecule has 0 amide bonds. The molecule has 0 aromatic heterocycles. The largest absolute Gasteiger partial charge is 0.392 e. The standard InChI is InChI=1S/C15H29NO3.K/c1-3-4-5-6-7-8-9-10-11-12-14(17)19-15(18)13-16-2;/h16H,3-13H2,1-2H3;. The quantitative estimate of drug-likeness (QED) is 0.261. The molecule has 0 aliphatic carbocycles. The van der Waals surface area contributed by atoms with Crippen molar-refractivity contribution in [2.75, 3.05) is 13.6 Å². The van der Waals surface area contributed by atoms with E-state index in [-0.39, 0.29) is 57.9 Å². The van der Waals surface area contributed by atoms with Gasteiger partial charge in [0.2, 0.25) is 0 Å². The van der Waals surface area contributed by atoms with Crippen molar-refractivity contribution in [2.45, 2.75) is 71.1 Å². The number of carbonyl (C=O) groups excluding carboxylic acids is 2. The van der Waals surface area contributed by atoms with Gasteiger partial charge < -0.3 is 10.1 Å². The molecule has 0 aromatic carbocycles. The molecule has 0 aromatic rings. The van der Waals surface area contributed by atoms with Crippen LogP contribution < -0.4 is 5.32 Å². The Bertz CT molecular complexity index is 247. The maximum absolute atomic E-state index is 11.3. The van der Waals surface area contributed by atoms with E-state index in [1.165, 1.54) is 44.9 Å². The smallest absolute Gasteiger partial charge is 0.327 e. The molecule has 0 rings (SSSR count). The van der Waals surface area contributed by atoms with Gasteiger partial charge in [-0.2, -0.15) is 0 Å². The Morgan fingerprint density at radius 2 is 1.35 bits per heavy atom. The Labute approximate surface area is 166 Å². The number of rotatable bonds is 12. The Morgan fingerprint density at radius 3 is 1.85 bits per heavy atom. The number of nitrogens with one attached hydrogen (secondary N) is 1. The summed E-state index contributed by atoms with van der Waals surface area (Å²) in [7, 11) is 1.65. The first kappa shape index (κ1) is 23.0. The summed E-state index contributed by atoms with van der Waals surface area (Å²) in [5.41, 5.74) is 0. The van der Waals surface area contributed by atoms with Crippen molar-refractivity contribution < 1.29 is 14.3 Å². The summed E-state index contributed by atoms with van der Waals surface area (Å²) in [6, 6.07) is 0. The predicted octanol–water partition coefficient (Wildman–Crippen LogP) is 2.82. The average molecular weight is 310 g/mol. The molecule has 20 heavy (non-hydrogen) atoms. The maximum atomic E-state index is 11.3. The summed E-state index contributed by atoms with van der Waals surface area (Å²) in [5, 5.41) is 2.65. The molecule has 1 N–H and O–H groups in total. The third kappa shape index (κ3) is 16.8. The van der Waals surface area contributed by atoms with Crippen LogP contribution in [-0.2, 0) is 14.3 Å². The molecule has 0 heterocycles. The van der Waals surface area contributed by atoms with Gasteiger partial charge in [-0.15, -0.1) is 0 Å². The third-order valence-electron chi connectivity index (χ3n) is 3.03. The minimum Gasteiger partial charge on any atom is -0.392 e. The van der Waals surface area contributed by atoms with Crippen molar-refractivity contribution in [2.24, 2.45) is 0 Å². The molecule has 0 saturated carbocycles. The van der Waals surface area contributed by atoms with Gasteiger partial charge in [0.25, 0.3) is 0 Å². The molecule has 113 valence electrons. The zero-order valence-electron chi connectivity index (χ0n) is 13.5. The van der Waals surface area contributed by atoms with Crippen LogP contribution in [0.15, 0.2) is 0 Å². The summed E-state index contributed by atoms with van der Waals surface area (Å²) < 4.78 is 4.62. The normalized spacial score (nSPS) is 9.90. The number of carbonyl (C=O) groups is 2. The first-order chi connectivity index (χ1) is 9.20. The summed E-state index contributed by atoms with van der Waals surface area (Å²) in [5.74, 6) is -0.897. The fourth-order valence-corrected chi connectivity index (χ4v) is 1.94. The zero-order valence-corrected chi connectivity index (χ0v) is 16.6. The number of hydrogen-bond donors (Lipinski definition) is 1. The number of likely N-dealkylation sites (N-methyl/N-ethyl adjacent to an activating group) is 1. The average Bonchev–Trinajstić information content (AvgIpc) is 2.37. The SMILES string of the molecule is CCCCCCCCCCCC(=O)OC(=O)CNC.[K]. The molecule has 5 heteroatoms. The molecule has 0 aliphatic rings. The van der Waals surface area contributed by atoms with Crippen LogP contribution in [0.5, 0.6) is 0 Å². The minimum atomic E-state index is -0.497. The van der Waals surface area contributed by atoms with E-state index >= 15 is 0 Å². The van der Waals surface area contributed by atoms with Gasteiger partial charge in [0.1, 0.15) is 0 Å². The second-order valence-corrected chi connectivity index (χ2v) is 4.95. The number of esters is 2. The van der Waals surface area contributed by atoms with Gasteiger partial charge >= 0.3 is 11.9 Å². The fraction of sp³-hybridized carbons (Fsp3) is 0.867. The van der Waals surface area contributed by atoms with E-state index in [2.05, 4.69) is 17.0 Å². The molecule has 0 spiro atoms. The molecule has 0 fully saturated rings. The second kappa shape index (κ2) is 17.8. The summed E-state index contributed by atoms with van der Waals surface area (Å²) in [4.78, 5) is 22.3. The molecular formula is C15H29KNO3. The van der Waals surface area contributed by atoms with Gasteiger partial charge in [0.15, 0.2) is 0 Å². The Balaban J connectivity index is 0.